The van der Waals surface area contributed by atoms with Gasteiger partial charge in [-0.3, -0.25) is 9.59 Å². The first-order valence-corrected chi connectivity index (χ1v) is 10.5. The predicted octanol–water partition coefficient (Wildman–Crippen LogP) is 2.10. The lowest BCUT2D eigenvalue weighted by molar-refractivity contribution is 0.0945. The van der Waals surface area contributed by atoms with Crippen LogP contribution in [0.15, 0.2) is 24.3 Å². The number of amides is 2. The quantitative estimate of drug-likeness (QED) is 0.842. The van der Waals surface area contributed by atoms with Gasteiger partial charge in [0.25, 0.3) is 11.8 Å². The number of para-hydroxylation sites is 1. The molecule has 7 nitrogen and oxygen atoms in total. The second-order valence-electron chi connectivity index (χ2n) is 8.09. The summed E-state index contributed by atoms with van der Waals surface area (Å²) in [6, 6.07) is 8.07. The van der Waals surface area contributed by atoms with E-state index >= 15 is 0 Å². The average molecular weight is 396 g/mol. The summed E-state index contributed by atoms with van der Waals surface area (Å²) in [4.78, 5) is 34.7. The van der Waals surface area contributed by atoms with Gasteiger partial charge in [-0.15, -0.1) is 0 Å². The average Bonchev–Trinajstić information content (AvgIpc) is 3.12. The molecule has 2 aromatic rings. The van der Waals surface area contributed by atoms with Crippen LogP contribution < -0.4 is 10.2 Å². The van der Waals surface area contributed by atoms with Crippen molar-refractivity contribution in [2.24, 2.45) is 0 Å². The fourth-order valence-electron chi connectivity index (χ4n) is 4.23. The number of nitrogens with zero attached hydrogens (tertiary/aromatic N) is 4. The molecule has 7 heteroatoms. The Morgan fingerprint density at radius 1 is 1.10 bits per heavy atom. The molecule has 0 radical (unpaired) electrons. The van der Waals surface area contributed by atoms with E-state index in [4.69, 9.17) is 0 Å². The van der Waals surface area contributed by atoms with Crippen molar-refractivity contribution >= 4 is 17.5 Å². The number of fused-ring (bicyclic) bond motifs is 2. The molecule has 29 heavy (non-hydrogen) atoms. The Balaban J connectivity index is 1.64. The van der Waals surface area contributed by atoms with Crippen molar-refractivity contribution in [3.8, 4) is 0 Å². The summed E-state index contributed by atoms with van der Waals surface area (Å²) in [5, 5.41) is 2.95. The Labute approximate surface area is 171 Å². The third kappa shape index (κ3) is 3.92. The zero-order chi connectivity index (χ0) is 20.4. The van der Waals surface area contributed by atoms with E-state index in [0.29, 0.717) is 24.6 Å². The smallest absolute Gasteiger partial charge is 0.294 e. The molecule has 1 aromatic heterocycles. The number of aromatic nitrogens is 2. The number of imidazole rings is 1. The Morgan fingerprint density at radius 2 is 1.93 bits per heavy atom. The van der Waals surface area contributed by atoms with Crippen molar-refractivity contribution in [3.05, 3.63) is 47.0 Å². The lowest BCUT2D eigenvalue weighted by Gasteiger charge is -2.29. The zero-order valence-corrected chi connectivity index (χ0v) is 17.3. The van der Waals surface area contributed by atoms with Gasteiger partial charge in [0.15, 0.2) is 0 Å². The number of aryl methyl sites for hydroxylation is 1. The number of hydrogen-bond donors (Lipinski definition) is 1. The highest BCUT2D eigenvalue weighted by atomic mass is 16.2. The van der Waals surface area contributed by atoms with Gasteiger partial charge in [0.2, 0.25) is 5.82 Å². The van der Waals surface area contributed by atoms with Gasteiger partial charge in [0, 0.05) is 31.9 Å². The molecule has 0 saturated heterocycles. The highest BCUT2D eigenvalue weighted by Crippen LogP contribution is 2.29. The van der Waals surface area contributed by atoms with Gasteiger partial charge in [0.05, 0.1) is 5.69 Å². The van der Waals surface area contributed by atoms with Gasteiger partial charge in [-0.05, 0) is 57.8 Å². The minimum Gasteiger partial charge on any atom is -0.349 e. The summed E-state index contributed by atoms with van der Waals surface area (Å²) in [6.45, 7) is 2.74. The van der Waals surface area contributed by atoms with Gasteiger partial charge in [-0.25, -0.2) is 4.98 Å². The molecule has 1 N–H and O–H groups in total. The molecule has 0 saturated carbocycles. The van der Waals surface area contributed by atoms with Crippen molar-refractivity contribution in [2.45, 2.75) is 38.6 Å². The minimum atomic E-state index is -0.185. The van der Waals surface area contributed by atoms with Gasteiger partial charge in [-0.2, -0.15) is 0 Å². The maximum atomic E-state index is 13.5. The molecule has 0 bridgehead atoms. The summed E-state index contributed by atoms with van der Waals surface area (Å²) in [5.74, 6) is 0.109. The molecule has 3 heterocycles. The normalized spacial score (nSPS) is 15.8. The van der Waals surface area contributed by atoms with E-state index in [-0.39, 0.29) is 11.8 Å². The van der Waals surface area contributed by atoms with E-state index in [2.05, 4.69) is 16.4 Å². The third-order valence-electron chi connectivity index (χ3n) is 5.72. The zero-order valence-electron chi connectivity index (χ0n) is 17.3. The Morgan fingerprint density at radius 3 is 2.76 bits per heavy atom. The molecule has 1 aromatic carbocycles. The standard InChI is InChI=1S/C22H29N5O2/c1-25(2)15-12-23-21(28)19-18-11-5-6-13-26(18)20(24-19)22(29)27-14-7-9-16-8-3-4-10-17(16)27/h3-4,8,10H,5-7,9,11-15H2,1-2H3,(H,23,28). The van der Waals surface area contributed by atoms with Gasteiger partial charge >= 0.3 is 0 Å². The van der Waals surface area contributed by atoms with Crippen molar-refractivity contribution in [1.82, 2.24) is 19.8 Å². The number of rotatable bonds is 5. The molecule has 0 atom stereocenters. The second kappa shape index (κ2) is 8.37. The van der Waals surface area contributed by atoms with Crippen molar-refractivity contribution in [1.29, 1.82) is 0 Å². The van der Waals surface area contributed by atoms with Crippen LogP contribution in [0.4, 0.5) is 5.69 Å². The summed E-state index contributed by atoms with van der Waals surface area (Å²) in [6.07, 6.45) is 4.73. The molecule has 0 aliphatic carbocycles. The molecular formula is C22H29N5O2. The fourth-order valence-corrected chi connectivity index (χ4v) is 4.23. The lowest BCUT2D eigenvalue weighted by Crippen LogP contribution is -2.37. The molecule has 154 valence electrons. The maximum Gasteiger partial charge on any atom is 0.294 e. The molecule has 0 spiro atoms. The van der Waals surface area contributed by atoms with Gasteiger partial charge in [-0.1, -0.05) is 18.2 Å². The summed E-state index contributed by atoms with van der Waals surface area (Å²) < 4.78 is 1.98. The number of benzene rings is 1. The molecule has 2 amide bonds. The minimum absolute atomic E-state index is 0.104. The topological polar surface area (TPSA) is 70.5 Å². The number of carbonyl (C=O) groups is 2. The van der Waals surface area contributed by atoms with Crippen molar-refractivity contribution in [2.75, 3.05) is 38.6 Å². The van der Waals surface area contributed by atoms with E-state index < -0.39 is 0 Å². The summed E-state index contributed by atoms with van der Waals surface area (Å²) >= 11 is 0. The van der Waals surface area contributed by atoms with Crippen molar-refractivity contribution < 1.29 is 9.59 Å². The molecule has 0 unspecified atom stereocenters. The number of hydrogen-bond acceptors (Lipinski definition) is 4. The maximum absolute atomic E-state index is 13.5. The van der Waals surface area contributed by atoms with Crippen LogP contribution in [0.2, 0.25) is 0 Å². The number of nitrogens with one attached hydrogen (secondary N) is 1. The largest absolute Gasteiger partial charge is 0.349 e. The molecule has 2 aliphatic heterocycles. The first-order chi connectivity index (χ1) is 14.1. The predicted molar refractivity (Wildman–Crippen MR) is 112 cm³/mol. The third-order valence-corrected chi connectivity index (χ3v) is 5.72. The van der Waals surface area contributed by atoms with Crippen LogP contribution in [0.1, 0.15) is 51.6 Å². The van der Waals surface area contributed by atoms with E-state index in [1.165, 1.54) is 5.56 Å². The van der Waals surface area contributed by atoms with Crippen LogP contribution >= 0.6 is 0 Å². The van der Waals surface area contributed by atoms with Gasteiger partial charge < -0.3 is 19.7 Å². The number of anilines is 1. The molecular weight excluding hydrogens is 366 g/mol. The van der Waals surface area contributed by atoms with E-state index in [9.17, 15) is 9.59 Å². The Hall–Kier alpha value is -2.67. The highest BCUT2D eigenvalue weighted by molar-refractivity contribution is 6.06. The van der Waals surface area contributed by atoms with Crippen LogP contribution in [-0.2, 0) is 19.4 Å². The SMILES string of the molecule is CN(C)CCNC(=O)c1nc(C(=O)N2CCCc3ccccc32)n2c1CCCC2. The molecule has 2 aliphatic rings. The van der Waals surface area contributed by atoms with Crippen LogP contribution in [0.5, 0.6) is 0 Å². The van der Waals surface area contributed by atoms with Crippen molar-refractivity contribution in [3.63, 3.8) is 0 Å². The first kappa shape index (κ1) is 19.6. The van der Waals surface area contributed by atoms with Crippen LogP contribution in [0.3, 0.4) is 0 Å². The highest BCUT2D eigenvalue weighted by Gasteiger charge is 2.31. The lowest BCUT2D eigenvalue weighted by atomic mass is 10.0. The fraction of sp³-hybridized carbons (Fsp3) is 0.500. The summed E-state index contributed by atoms with van der Waals surface area (Å²) in [5.41, 5.74) is 3.47. The number of carbonyl (C=O) groups excluding carboxylic acids is 2. The Kier molecular flexibility index (Phi) is 5.67. The number of likely N-dealkylation sites (N-methyl/N-ethyl adjacent to an activating group) is 1. The van der Waals surface area contributed by atoms with E-state index in [1.54, 1.807) is 0 Å². The Bertz CT molecular complexity index is 918. The molecule has 4 rings (SSSR count). The van der Waals surface area contributed by atoms with Crippen LogP contribution in [0, 0.1) is 0 Å². The van der Waals surface area contributed by atoms with Gasteiger partial charge in [0.1, 0.15) is 5.69 Å². The summed E-state index contributed by atoms with van der Waals surface area (Å²) in [7, 11) is 3.94. The second-order valence-corrected chi connectivity index (χ2v) is 8.09. The first-order valence-electron chi connectivity index (χ1n) is 10.5. The molecule has 0 fully saturated rings. The monoisotopic (exact) mass is 395 g/mol. The van der Waals surface area contributed by atoms with Crippen LogP contribution in [0.25, 0.3) is 0 Å². The van der Waals surface area contributed by atoms with E-state index in [0.717, 1.165) is 56.6 Å². The van der Waals surface area contributed by atoms with Crippen LogP contribution in [-0.4, -0.2) is 60.0 Å². The van der Waals surface area contributed by atoms with E-state index in [1.807, 2.05) is 46.7 Å².